The van der Waals surface area contributed by atoms with E-state index < -0.39 is 5.97 Å². The van der Waals surface area contributed by atoms with Crippen molar-refractivity contribution in [2.24, 2.45) is 0 Å². The maximum absolute atomic E-state index is 13.1. The van der Waals surface area contributed by atoms with Gasteiger partial charge in [-0.1, -0.05) is 43.5 Å². The largest absolute Gasteiger partial charge is 0.465 e. The molecule has 0 atom stereocenters. The average Bonchev–Trinajstić information content (AvgIpc) is 2.85. The SMILES string of the molecule is COC(=O)c1ccccc1NC(=S)N(Cc1cc2c(C)ccc(C)c2[nH]c1=O)C1CCCCC1. The zero-order chi connectivity index (χ0) is 24.2. The molecule has 1 fully saturated rings. The smallest absolute Gasteiger partial charge is 0.339 e. The maximum atomic E-state index is 13.1. The molecular formula is C27H31N3O3S. The van der Waals surface area contributed by atoms with Crippen LogP contribution in [0.25, 0.3) is 10.9 Å². The first-order chi connectivity index (χ1) is 16.4. The molecule has 3 aromatic rings. The van der Waals surface area contributed by atoms with Gasteiger partial charge in [0.05, 0.1) is 30.4 Å². The van der Waals surface area contributed by atoms with Gasteiger partial charge in [0.1, 0.15) is 0 Å². The molecule has 2 aromatic carbocycles. The lowest BCUT2D eigenvalue weighted by Gasteiger charge is -2.36. The van der Waals surface area contributed by atoms with Crippen LogP contribution in [0.15, 0.2) is 47.3 Å². The summed E-state index contributed by atoms with van der Waals surface area (Å²) in [6.45, 7) is 4.46. The van der Waals surface area contributed by atoms with E-state index in [9.17, 15) is 9.59 Å². The Morgan fingerprint density at radius 1 is 1.12 bits per heavy atom. The number of aryl methyl sites for hydroxylation is 2. The summed E-state index contributed by atoms with van der Waals surface area (Å²) in [5, 5.41) is 4.82. The first kappa shape index (κ1) is 24.0. The van der Waals surface area contributed by atoms with Crippen LogP contribution in [-0.2, 0) is 11.3 Å². The van der Waals surface area contributed by atoms with Gasteiger partial charge in [0.2, 0.25) is 0 Å². The van der Waals surface area contributed by atoms with Crippen molar-refractivity contribution in [3.8, 4) is 0 Å². The number of hydrogen-bond donors (Lipinski definition) is 2. The highest BCUT2D eigenvalue weighted by Crippen LogP contribution is 2.27. The number of pyridine rings is 1. The number of thiocarbonyl (C=S) groups is 1. The summed E-state index contributed by atoms with van der Waals surface area (Å²) < 4.78 is 4.93. The molecule has 0 amide bonds. The third-order valence-corrected chi connectivity index (χ3v) is 7.05. The Balaban J connectivity index is 1.69. The van der Waals surface area contributed by atoms with Gasteiger partial charge in [0, 0.05) is 17.0 Å². The van der Waals surface area contributed by atoms with E-state index in [4.69, 9.17) is 17.0 Å². The van der Waals surface area contributed by atoms with Crippen molar-refractivity contribution < 1.29 is 9.53 Å². The topological polar surface area (TPSA) is 74.4 Å². The van der Waals surface area contributed by atoms with E-state index in [0.717, 1.165) is 47.7 Å². The van der Waals surface area contributed by atoms with Gasteiger partial charge in [-0.05, 0) is 68.2 Å². The van der Waals surface area contributed by atoms with Crippen LogP contribution >= 0.6 is 12.2 Å². The van der Waals surface area contributed by atoms with E-state index in [1.165, 1.54) is 13.5 Å². The Morgan fingerprint density at radius 3 is 2.56 bits per heavy atom. The van der Waals surface area contributed by atoms with Crippen molar-refractivity contribution in [1.82, 2.24) is 9.88 Å². The minimum atomic E-state index is -0.424. The van der Waals surface area contributed by atoms with E-state index >= 15 is 0 Å². The number of aromatic amines is 1. The Labute approximate surface area is 205 Å². The Hall–Kier alpha value is -3.19. The highest BCUT2D eigenvalue weighted by molar-refractivity contribution is 7.80. The van der Waals surface area contributed by atoms with Crippen LogP contribution in [0.1, 0.15) is 59.2 Å². The lowest BCUT2D eigenvalue weighted by Crippen LogP contribution is -2.44. The first-order valence-electron chi connectivity index (χ1n) is 11.8. The van der Waals surface area contributed by atoms with Gasteiger partial charge in [-0.3, -0.25) is 4.79 Å². The fourth-order valence-electron chi connectivity index (χ4n) is 4.75. The van der Waals surface area contributed by atoms with Crippen molar-refractivity contribution in [2.45, 2.75) is 58.5 Å². The van der Waals surface area contributed by atoms with Crippen LogP contribution in [0, 0.1) is 13.8 Å². The quantitative estimate of drug-likeness (QED) is 0.375. The molecule has 0 saturated heterocycles. The number of rotatable bonds is 5. The lowest BCUT2D eigenvalue weighted by molar-refractivity contribution is 0.0602. The molecule has 1 aromatic heterocycles. The molecule has 34 heavy (non-hydrogen) atoms. The predicted octanol–water partition coefficient (Wildman–Crippen LogP) is 5.46. The number of nitrogens with one attached hydrogen (secondary N) is 2. The highest BCUT2D eigenvalue weighted by atomic mass is 32.1. The number of para-hydroxylation sites is 1. The first-order valence-corrected chi connectivity index (χ1v) is 12.2. The second-order valence-electron chi connectivity index (χ2n) is 9.00. The third-order valence-electron chi connectivity index (χ3n) is 6.71. The third kappa shape index (κ3) is 4.99. The maximum Gasteiger partial charge on any atom is 0.339 e. The van der Waals surface area contributed by atoms with Gasteiger partial charge >= 0.3 is 5.97 Å². The molecular weight excluding hydrogens is 446 g/mol. The number of methoxy groups -OCH3 is 1. The summed E-state index contributed by atoms with van der Waals surface area (Å²) in [5.41, 5.74) is 4.65. The number of esters is 1. The molecule has 7 heteroatoms. The molecule has 1 heterocycles. The number of ether oxygens (including phenoxy) is 1. The van der Waals surface area contributed by atoms with Crippen LogP contribution in [0.5, 0.6) is 0 Å². The van der Waals surface area contributed by atoms with Crippen LogP contribution < -0.4 is 10.9 Å². The molecule has 4 rings (SSSR count). The van der Waals surface area contributed by atoms with Crippen LogP contribution in [0.2, 0.25) is 0 Å². The van der Waals surface area contributed by atoms with E-state index in [0.29, 0.717) is 28.5 Å². The number of fused-ring (bicyclic) bond motifs is 1. The molecule has 1 aliphatic rings. The molecule has 1 saturated carbocycles. The number of aromatic nitrogens is 1. The van der Waals surface area contributed by atoms with Gasteiger partial charge < -0.3 is 19.9 Å². The molecule has 0 radical (unpaired) electrons. The Bertz CT molecular complexity index is 1280. The minimum Gasteiger partial charge on any atom is -0.465 e. The number of nitrogens with zero attached hydrogens (tertiary/aromatic N) is 1. The zero-order valence-electron chi connectivity index (χ0n) is 19.9. The number of H-pyrrole nitrogens is 1. The van der Waals surface area contributed by atoms with Gasteiger partial charge in [-0.15, -0.1) is 0 Å². The van der Waals surface area contributed by atoms with Gasteiger partial charge in [0.15, 0.2) is 5.11 Å². The lowest BCUT2D eigenvalue weighted by atomic mass is 9.94. The van der Waals surface area contributed by atoms with Gasteiger partial charge in [-0.2, -0.15) is 0 Å². The van der Waals surface area contributed by atoms with E-state index in [2.05, 4.69) is 28.2 Å². The van der Waals surface area contributed by atoms with Crippen LogP contribution in [-0.4, -0.2) is 34.1 Å². The molecule has 2 N–H and O–H groups in total. The average molecular weight is 478 g/mol. The van der Waals surface area contributed by atoms with E-state index in [-0.39, 0.29) is 11.6 Å². The van der Waals surface area contributed by atoms with Crippen LogP contribution in [0.4, 0.5) is 5.69 Å². The van der Waals surface area contributed by atoms with Crippen molar-refractivity contribution >= 4 is 39.9 Å². The molecule has 0 spiro atoms. The second kappa shape index (κ2) is 10.4. The number of anilines is 1. The van der Waals surface area contributed by atoms with Gasteiger partial charge in [0.25, 0.3) is 5.56 Å². The monoisotopic (exact) mass is 477 g/mol. The summed E-state index contributed by atoms with van der Waals surface area (Å²) in [7, 11) is 1.36. The van der Waals surface area contributed by atoms with Crippen molar-refractivity contribution in [3.05, 3.63) is 75.1 Å². The van der Waals surface area contributed by atoms with Crippen molar-refractivity contribution in [2.75, 3.05) is 12.4 Å². The summed E-state index contributed by atoms with van der Waals surface area (Å²) in [6, 6.07) is 13.5. The van der Waals surface area contributed by atoms with E-state index in [1.54, 1.807) is 12.1 Å². The fourth-order valence-corrected chi connectivity index (χ4v) is 5.07. The van der Waals surface area contributed by atoms with Crippen molar-refractivity contribution in [3.63, 3.8) is 0 Å². The fraction of sp³-hybridized carbons (Fsp3) is 0.370. The normalized spacial score (nSPS) is 14.1. The minimum absolute atomic E-state index is 0.0974. The molecule has 1 aliphatic carbocycles. The molecule has 0 bridgehead atoms. The molecule has 178 valence electrons. The molecule has 0 aliphatic heterocycles. The predicted molar refractivity (Wildman–Crippen MR) is 140 cm³/mol. The Morgan fingerprint density at radius 2 is 1.82 bits per heavy atom. The molecule has 0 unspecified atom stereocenters. The second-order valence-corrected chi connectivity index (χ2v) is 9.39. The molecule has 6 nitrogen and oxygen atoms in total. The number of carbonyl (C=O) groups excluding carboxylic acids is 1. The summed E-state index contributed by atoms with van der Waals surface area (Å²) in [5.74, 6) is -0.424. The van der Waals surface area contributed by atoms with Crippen molar-refractivity contribution in [1.29, 1.82) is 0 Å². The summed E-state index contributed by atoms with van der Waals surface area (Å²) in [4.78, 5) is 30.5. The number of carbonyl (C=O) groups is 1. The van der Waals surface area contributed by atoms with Crippen LogP contribution in [0.3, 0.4) is 0 Å². The zero-order valence-corrected chi connectivity index (χ0v) is 20.8. The number of benzene rings is 2. The highest BCUT2D eigenvalue weighted by Gasteiger charge is 2.25. The van der Waals surface area contributed by atoms with Gasteiger partial charge in [-0.25, -0.2) is 4.79 Å². The van der Waals surface area contributed by atoms with E-state index in [1.807, 2.05) is 31.2 Å². The Kier molecular flexibility index (Phi) is 7.32. The number of hydrogen-bond acceptors (Lipinski definition) is 4. The summed E-state index contributed by atoms with van der Waals surface area (Å²) >= 11 is 5.86. The standard InChI is InChI=1S/C27H31N3O3S/c1-17-13-14-18(2)24-22(17)15-19(25(31)29-24)16-30(20-9-5-4-6-10-20)27(34)28-23-12-8-7-11-21(23)26(32)33-3/h7-8,11-15,20H,4-6,9-10,16H2,1-3H3,(H,28,34)(H,29,31). The summed E-state index contributed by atoms with van der Waals surface area (Å²) in [6.07, 6.45) is 5.52.